The number of piperidine rings is 1. The van der Waals surface area contributed by atoms with E-state index in [-0.39, 0.29) is 6.10 Å². The highest BCUT2D eigenvalue weighted by Crippen LogP contribution is 2.37. The lowest BCUT2D eigenvalue weighted by Gasteiger charge is -2.36. The summed E-state index contributed by atoms with van der Waals surface area (Å²) >= 11 is 12.8. The molecule has 0 aromatic heterocycles. The number of benzene rings is 1. The number of nitrogens with one attached hydrogen (secondary N) is 1. The van der Waals surface area contributed by atoms with Gasteiger partial charge in [-0.2, -0.15) is 0 Å². The number of nitrogens with zero attached hydrogens (tertiary/aromatic N) is 1. The zero-order valence-corrected chi connectivity index (χ0v) is 19.5. The van der Waals surface area contributed by atoms with Crippen molar-refractivity contribution < 1.29 is 8.82 Å². The third-order valence-corrected chi connectivity index (χ3v) is 11.3. The molecule has 0 amide bonds. The average Bonchev–Trinajstić information content (AvgIpc) is 2.64. The van der Waals surface area contributed by atoms with Crippen molar-refractivity contribution in [2.24, 2.45) is 0 Å². The van der Waals surface area contributed by atoms with Gasteiger partial charge in [0.2, 0.25) is 0 Å². The second-order valence-electron chi connectivity index (χ2n) is 7.62. The maximum atomic E-state index is 13.7. The largest absolute Gasteiger partial charge is 0.409 e. The lowest BCUT2D eigenvalue weighted by Crippen LogP contribution is -2.44. The van der Waals surface area contributed by atoms with Crippen LogP contribution in [0, 0.1) is 5.82 Å². The molecule has 1 unspecified atom stereocenters. The summed E-state index contributed by atoms with van der Waals surface area (Å²) in [5.74, 6) is -0.416. The predicted octanol–water partition coefficient (Wildman–Crippen LogP) is 5.88. The van der Waals surface area contributed by atoms with E-state index in [2.05, 4.69) is 38.0 Å². The Morgan fingerprint density at radius 2 is 1.67 bits per heavy atom. The third kappa shape index (κ3) is 6.15. The van der Waals surface area contributed by atoms with E-state index in [1.54, 1.807) is 0 Å². The molecule has 0 saturated carbocycles. The minimum Gasteiger partial charge on any atom is -0.409 e. The van der Waals surface area contributed by atoms with E-state index < -0.39 is 14.1 Å². The first-order chi connectivity index (χ1) is 12.8. The molecule has 27 heavy (non-hydrogen) atoms. The van der Waals surface area contributed by atoms with E-state index in [4.69, 9.17) is 27.6 Å². The van der Waals surface area contributed by atoms with Crippen LogP contribution in [0.2, 0.25) is 28.2 Å². The van der Waals surface area contributed by atoms with Crippen LogP contribution in [0.15, 0.2) is 12.1 Å². The molecular weight excluding hydrogens is 402 g/mol. The van der Waals surface area contributed by atoms with Gasteiger partial charge in [0, 0.05) is 18.2 Å². The number of rotatable bonds is 9. The van der Waals surface area contributed by atoms with Crippen LogP contribution >= 0.6 is 23.2 Å². The van der Waals surface area contributed by atoms with Crippen molar-refractivity contribution in [3.05, 3.63) is 33.6 Å². The monoisotopic (exact) mass is 434 g/mol. The normalized spacial score (nSPS) is 18.0. The van der Waals surface area contributed by atoms with Crippen LogP contribution in [0.1, 0.15) is 45.3 Å². The van der Waals surface area contributed by atoms with Gasteiger partial charge in [-0.15, -0.1) is 0 Å². The summed E-state index contributed by atoms with van der Waals surface area (Å²) in [4.78, 5) is 2.35. The Morgan fingerprint density at radius 1 is 1.15 bits per heavy atom. The first-order valence-corrected chi connectivity index (χ1v) is 13.4. The lowest BCUT2D eigenvalue weighted by molar-refractivity contribution is 0.167. The fourth-order valence-electron chi connectivity index (χ4n) is 3.85. The summed E-state index contributed by atoms with van der Waals surface area (Å²) in [6.07, 6.45) is 1.98. The average molecular weight is 435 g/mol. The summed E-state index contributed by atoms with van der Waals surface area (Å²) in [7, 11) is 0.277. The molecule has 1 N–H and O–H groups in total. The van der Waals surface area contributed by atoms with E-state index >= 15 is 0 Å². The van der Waals surface area contributed by atoms with Gasteiger partial charge in [-0.05, 0) is 63.2 Å². The van der Waals surface area contributed by atoms with E-state index in [0.717, 1.165) is 44.1 Å². The van der Waals surface area contributed by atoms with Crippen molar-refractivity contribution >= 4 is 31.5 Å². The van der Waals surface area contributed by atoms with Crippen molar-refractivity contribution in [1.82, 2.24) is 10.2 Å². The smallest absolute Gasteiger partial charge is 0.192 e. The summed E-state index contributed by atoms with van der Waals surface area (Å²) in [6.45, 7) is 9.45. The van der Waals surface area contributed by atoms with Gasteiger partial charge in [-0.1, -0.05) is 44.0 Å². The SMILES string of the molecule is CC[Si](CC)(CC)OC(CNC1CCN(C)CC1)c1c(Cl)cc(F)cc1Cl. The molecule has 3 nitrogen and oxygen atoms in total. The van der Waals surface area contributed by atoms with Crippen molar-refractivity contribution in [2.75, 3.05) is 26.7 Å². The Morgan fingerprint density at radius 3 is 2.15 bits per heavy atom. The Balaban J connectivity index is 2.23. The molecule has 1 heterocycles. The van der Waals surface area contributed by atoms with Gasteiger partial charge in [0.05, 0.1) is 16.1 Å². The quantitative estimate of drug-likeness (QED) is 0.491. The van der Waals surface area contributed by atoms with Gasteiger partial charge >= 0.3 is 0 Å². The lowest BCUT2D eigenvalue weighted by atomic mass is 10.0. The van der Waals surface area contributed by atoms with Gasteiger partial charge in [-0.25, -0.2) is 4.39 Å². The van der Waals surface area contributed by atoms with Crippen LogP contribution in [-0.4, -0.2) is 45.9 Å². The van der Waals surface area contributed by atoms with Crippen molar-refractivity contribution in [1.29, 1.82) is 0 Å². The molecule has 154 valence electrons. The maximum absolute atomic E-state index is 13.7. The third-order valence-electron chi connectivity index (χ3n) is 6.00. The highest BCUT2D eigenvalue weighted by atomic mass is 35.5. The Hall–Kier alpha value is -0.173. The topological polar surface area (TPSA) is 24.5 Å². The van der Waals surface area contributed by atoms with E-state index in [9.17, 15) is 4.39 Å². The van der Waals surface area contributed by atoms with Crippen molar-refractivity contribution in [2.45, 2.75) is 63.9 Å². The molecule has 1 aromatic carbocycles. The first-order valence-electron chi connectivity index (χ1n) is 10.1. The highest BCUT2D eigenvalue weighted by Gasteiger charge is 2.34. The number of hydrogen-bond donors (Lipinski definition) is 1. The molecular formula is C20H33Cl2FN2OSi. The molecule has 1 aromatic rings. The molecule has 1 aliphatic heterocycles. The van der Waals surface area contributed by atoms with Gasteiger partial charge in [0.25, 0.3) is 0 Å². The zero-order chi connectivity index (χ0) is 20.0. The van der Waals surface area contributed by atoms with Crippen LogP contribution in [-0.2, 0) is 4.43 Å². The predicted molar refractivity (Wildman–Crippen MR) is 116 cm³/mol. The van der Waals surface area contributed by atoms with Crippen LogP contribution < -0.4 is 5.32 Å². The minimum absolute atomic E-state index is 0.253. The molecule has 1 fully saturated rings. The number of hydrogen-bond acceptors (Lipinski definition) is 3. The highest BCUT2D eigenvalue weighted by molar-refractivity contribution is 6.73. The van der Waals surface area contributed by atoms with Gasteiger partial charge in [-0.3, -0.25) is 0 Å². The number of likely N-dealkylation sites (tertiary alicyclic amines) is 1. The van der Waals surface area contributed by atoms with Gasteiger partial charge < -0.3 is 14.6 Å². The van der Waals surface area contributed by atoms with Gasteiger partial charge in [0.1, 0.15) is 5.82 Å². The molecule has 1 aliphatic rings. The minimum atomic E-state index is -1.88. The maximum Gasteiger partial charge on any atom is 0.192 e. The van der Waals surface area contributed by atoms with Gasteiger partial charge in [0.15, 0.2) is 8.32 Å². The first kappa shape index (κ1) is 23.1. The zero-order valence-electron chi connectivity index (χ0n) is 17.0. The molecule has 0 bridgehead atoms. The van der Waals surface area contributed by atoms with Crippen LogP contribution in [0.5, 0.6) is 0 Å². The van der Waals surface area contributed by atoms with Crippen molar-refractivity contribution in [3.8, 4) is 0 Å². The van der Waals surface area contributed by atoms with Crippen LogP contribution in [0.4, 0.5) is 4.39 Å². The molecule has 7 heteroatoms. The second kappa shape index (κ2) is 10.6. The number of halogens is 3. The standard InChI is InChI=1S/C20H33Cl2FN2OSi/c1-5-27(6-2,7-3)26-19(14-24-16-8-10-25(4)11-9-16)20-17(21)12-15(23)13-18(20)22/h12-13,16,19,24H,5-11,14H2,1-4H3. The van der Waals surface area contributed by atoms with E-state index in [1.165, 1.54) is 12.1 Å². The summed E-state index contributed by atoms with van der Waals surface area (Å²) in [5, 5.41) is 4.36. The van der Waals surface area contributed by atoms with Crippen molar-refractivity contribution in [3.63, 3.8) is 0 Å². The molecule has 0 radical (unpaired) electrons. The second-order valence-corrected chi connectivity index (χ2v) is 13.2. The fraction of sp³-hybridized carbons (Fsp3) is 0.700. The van der Waals surface area contributed by atoms with Crippen LogP contribution in [0.3, 0.4) is 0 Å². The summed E-state index contributed by atoms with van der Waals surface area (Å²) in [6, 6.07) is 6.26. The molecule has 2 rings (SSSR count). The molecule has 0 aliphatic carbocycles. The Kier molecular flexibility index (Phi) is 9.04. The fourth-order valence-corrected chi connectivity index (χ4v) is 7.36. The molecule has 1 saturated heterocycles. The Labute approximate surface area is 174 Å². The van der Waals surface area contributed by atoms with Crippen LogP contribution in [0.25, 0.3) is 0 Å². The Bertz CT molecular complexity index is 576. The molecule has 0 spiro atoms. The van der Waals surface area contributed by atoms with E-state index in [1.807, 2.05) is 0 Å². The summed E-state index contributed by atoms with van der Waals surface area (Å²) in [5.41, 5.74) is 0.715. The summed E-state index contributed by atoms with van der Waals surface area (Å²) < 4.78 is 20.5. The molecule has 1 atom stereocenters. The van der Waals surface area contributed by atoms with E-state index in [0.29, 0.717) is 28.2 Å².